The number of aryl methyl sites for hydroxylation is 1. The Hall–Kier alpha value is -1.40. The van der Waals surface area contributed by atoms with Gasteiger partial charge >= 0.3 is 5.69 Å². The Labute approximate surface area is 99.0 Å². The number of nitrogens with zero attached hydrogens (tertiary/aromatic N) is 2. The predicted octanol–water partition coefficient (Wildman–Crippen LogP) is 0.194. The minimum absolute atomic E-state index is 0.0212. The molecule has 0 radical (unpaired) electrons. The third-order valence-electron chi connectivity index (χ3n) is 3.01. The van der Waals surface area contributed by atoms with E-state index in [9.17, 15) is 4.79 Å². The lowest BCUT2D eigenvalue weighted by Crippen LogP contribution is -2.35. The third kappa shape index (κ3) is 2.48. The minimum Gasteiger partial charge on any atom is -0.394 e. The SMILES string of the molecule is Cc1cn(C2CCC[C@@H](CO)O2)c(=O)nc1N. The molecule has 1 unspecified atom stereocenters. The summed E-state index contributed by atoms with van der Waals surface area (Å²) < 4.78 is 7.08. The second-order valence-electron chi connectivity index (χ2n) is 4.33. The van der Waals surface area contributed by atoms with Crippen LogP contribution in [0.2, 0.25) is 0 Å². The number of aliphatic hydroxyl groups excluding tert-OH is 1. The van der Waals surface area contributed by atoms with Gasteiger partial charge in [0, 0.05) is 11.8 Å². The van der Waals surface area contributed by atoms with Crippen molar-refractivity contribution in [2.24, 2.45) is 0 Å². The molecular formula is C11H17N3O3. The van der Waals surface area contributed by atoms with Crippen molar-refractivity contribution in [3.05, 3.63) is 22.2 Å². The Balaban J connectivity index is 2.27. The van der Waals surface area contributed by atoms with Gasteiger partial charge in [-0.15, -0.1) is 0 Å². The van der Waals surface area contributed by atoms with Crippen LogP contribution in [0.5, 0.6) is 0 Å². The fourth-order valence-corrected chi connectivity index (χ4v) is 2.00. The Morgan fingerprint density at radius 3 is 3.12 bits per heavy atom. The first-order chi connectivity index (χ1) is 8.11. The normalized spacial score (nSPS) is 24.8. The molecule has 6 heteroatoms. The van der Waals surface area contributed by atoms with Gasteiger partial charge in [-0.05, 0) is 26.2 Å². The molecule has 1 aromatic rings. The highest BCUT2D eigenvalue weighted by Gasteiger charge is 2.24. The number of aromatic nitrogens is 2. The molecule has 0 saturated carbocycles. The Bertz CT molecular complexity index is 458. The van der Waals surface area contributed by atoms with Crippen molar-refractivity contribution < 1.29 is 9.84 Å². The highest BCUT2D eigenvalue weighted by molar-refractivity contribution is 5.35. The van der Waals surface area contributed by atoms with Gasteiger partial charge < -0.3 is 15.6 Å². The number of anilines is 1. The summed E-state index contributed by atoms with van der Waals surface area (Å²) >= 11 is 0. The summed E-state index contributed by atoms with van der Waals surface area (Å²) in [7, 11) is 0. The summed E-state index contributed by atoms with van der Waals surface area (Å²) in [6.45, 7) is 1.78. The van der Waals surface area contributed by atoms with Gasteiger partial charge in [0.05, 0.1) is 12.7 Å². The lowest BCUT2D eigenvalue weighted by atomic mass is 10.1. The Morgan fingerprint density at radius 2 is 2.41 bits per heavy atom. The topological polar surface area (TPSA) is 90.4 Å². The molecule has 3 N–H and O–H groups in total. The van der Waals surface area contributed by atoms with Crippen molar-refractivity contribution in [1.29, 1.82) is 0 Å². The maximum Gasteiger partial charge on any atom is 0.351 e. The molecule has 0 aliphatic carbocycles. The first-order valence-corrected chi connectivity index (χ1v) is 5.73. The van der Waals surface area contributed by atoms with Crippen LogP contribution in [0.4, 0.5) is 5.82 Å². The molecule has 94 valence electrons. The number of hydrogen-bond donors (Lipinski definition) is 2. The number of nitrogen functional groups attached to an aromatic ring is 1. The van der Waals surface area contributed by atoms with E-state index in [0.29, 0.717) is 0 Å². The lowest BCUT2D eigenvalue weighted by molar-refractivity contribution is -0.108. The first-order valence-electron chi connectivity index (χ1n) is 5.73. The van der Waals surface area contributed by atoms with Crippen LogP contribution in [-0.2, 0) is 4.74 Å². The van der Waals surface area contributed by atoms with E-state index in [0.717, 1.165) is 24.8 Å². The molecule has 0 spiro atoms. The number of ether oxygens (including phenoxy) is 1. The van der Waals surface area contributed by atoms with Crippen molar-refractivity contribution in [3.8, 4) is 0 Å². The molecule has 2 atom stereocenters. The number of aliphatic hydroxyl groups is 1. The van der Waals surface area contributed by atoms with E-state index in [1.54, 1.807) is 13.1 Å². The molecule has 1 aliphatic rings. The van der Waals surface area contributed by atoms with E-state index in [1.165, 1.54) is 4.57 Å². The molecule has 17 heavy (non-hydrogen) atoms. The second kappa shape index (κ2) is 4.85. The predicted molar refractivity (Wildman–Crippen MR) is 62.5 cm³/mol. The molecule has 2 heterocycles. The lowest BCUT2D eigenvalue weighted by Gasteiger charge is -2.30. The summed E-state index contributed by atoms with van der Waals surface area (Å²) in [4.78, 5) is 15.5. The van der Waals surface area contributed by atoms with Crippen LogP contribution in [0, 0.1) is 6.92 Å². The zero-order chi connectivity index (χ0) is 12.4. The van der Waals surface area contributed by atoms with Crippen LogP contribution in [0.25, 0.3) is 0 Å². The van der Waals surface area contributed by atoms with E-state index in [4.69, 9.17) is 15.6 Å². The molecule has 0 aromatic carbocycles. The summed E-state index contributed by atoms with van der Waals surface area (Å²) in [5, 5.41) is 9.08. The van der Waals surface area contributed by atoms with E-state index >= 15 is 0 Å². The minimum atomic E-state index is -0.406. The third-order valence-corrected chi connectivity index (χ3v) is 3.01. The van der Waals surface area contributed by atoms with E-state index < -0.39 is 5.69 Å². The molecule has 1 fully saturated rings. The Morgan fingerprint density at radius 1 is 1.65 bits per heavy atom. The van der Waals surface area contributed by atoms with E-state index in [1.807, 2.05) is 0 Å². The quantitative estimate of drug-likeness (QED) is 0.769. The largest absolute Gasteiger partial charge is 0.394 e. The fraction of sp³-hybridized carbons (Fsp3) is 0.636. The van der Waals surface area contributed by atoms with Crippen LogP contribution in [0.1, 0.15) is 31.1 Å². The smallest absolute Gasteiger partial charge is 0.351 e. The van der Waals surface area contributed by atoms with Crippen LogP contribution >= 0.6 is 0 Å². The summed E-state index contributed by atoms with van der Waals surface area (Å²) in [5.74, 6) is 0.251. The monoisotopic (exact) mass is 239 g/mol. The van der Waals surface area contributed by atoms with Gasteiger partial charge in [-0.2, -0.15) is 4.98 Å². The maximum atomic E-state index is 11.7. The van der Waals surface area contributed by atoms with Gasteiger partial charge in [0.1, 0.15) is 12.0 Å². The summed E-state index contributed by atoms with van der Waals surface area (Å²) in [6, 6.07) is 0. The molecule has 0 bridgehead atoms. The van der Waals surface area contributed by atoms with Crippen molar-refractivity contribution in [3.63, 3.8) is 0 Å². The van der Waals surface area contributed by atoms with Gasteiger partial charge in [0.2, 0.25) is 0 Å². The van der Waals surface area contributed by atoms with Gasteiger partial charge in [-0.3, -0.25) is 4.57 Å². The standard InChI is InChI=1S/C11H17N3O3/c1-7-5-14(11(16)13-10(7)12)9-4-2-3-8(6-15)17-9/h5,8-9,15H,2-4,6H2,1H3,(H2,12,13,16)/t8-,9?/m0/s1. The Kier molecular flexibility index (Phi) is 3.44. The van der Waals surface area contributed by atoms with Gasteiger partial charge in [0.25, 0.3) is 0 Å². The van der Waals surface area contributed by atoms with Gasteiger partial charge in [0.15, 0.2) is 0 Å². The average Bonchev–Trinajstić information content (AvgIpc) is 2.34. The molecule has 0 amide bonds. The second-order valence-corrected chi connectivity index (χ2v) is 4.33. The van der Waals surface area contributed by atoms with E-state index in [-0.39, 0.29) is 24.8 Å². The first kappa shape index (κ1) is 12.1. The summed E-state index contributed by atoms with van der Waals surface area (Å²) in [6.07, 6.45) is 3.62. The van der Waals surface area contributed by atoms with Crippen molar-refractivity contribution in [2.45, 2.75) is 38.5 Å². The van der Waals surface area contributed by atoms with Crippen LogP contribution in [-0.4, -0.2) is 27.4 Å². The summed E-state index contributed by atoms with van der Waals surface area (Å²) in [5.41, 5.74) is 5.91. The molecule has 1 aliphatic heterocycles. The zero-order valence-electron chi connectivity index (χ0n) is 9.80. The number of hydrogen-bond acceptors (Lipinski definition) is 5. The molecule has 6 nitrogen and oxygen atoms in total. The molecule has 1 saturated heterocycles. The highest BCUT2D eigenvalue weighted by atomic mass is 16.5. The molecular weight excluding hydrogens is 222 g/mol. The van der Waals surface area contributed by atoms with Crippen LogP contribution in [0.15, 0.2) is 11.0 Å². The molecule has 1 aromatic heterocycles. The molecule has 2 rings (SSSR count). The van der Waals surface area contributed by atoms with Crippen LogP contribution < -0.4 is 11.4 Å². The van der Waals surface area contributed by atoms with Crippen molar-refractivity contribution >= 4 is 5.82 Å². The highest BCUT2D eigenvalue weighted by Crippen LogP contribution is 2.25. The maximum absolute atomic E-state index is 11.7. The van der Waals surface area contributed by atoms with Crippen molar-refractivity contribution in [1.82, 2.24) is 9.55 Å². The average molecular weight is 239 g/mol. The number of nitrogens with two attached hydrogens (primary N) is 1. The fourth-order valence-electron chi connectivity index (χ4n) is 2.00. The van der Waals surface area contributed by atoms with Crippen molar-refractivity contribution in [2.75, 3.05) is 12.3 Å². The van der Waals surface area contributed by atoms with E-state index in [2.05, 4.69) is 4.98 Å². The van der Waals surface area contributed by atoms with Gasteiger partial charge in [-0.25, -0.2) is 4.79 Å². The van der Waals surface area contributed by atoms with Crippen LogP contribution in [0.3, 0.4) is 0 Å². The number of rotatable bonds is 2. The van der Waals surface area contributed by atoms with Gasteiger partial charge in [-0.1, -0.05) is 0 Å². The zero-order valence-corrected chi connectivity index (χ0v) is 9.80.